The summed E-state index contributed by atoms with van der Waals surface area (Å²) in [5.41, 5.74) is 4.53. The van der Waals surface area contributed by atoms with Gasteiger partial charge in [-0.1, -0.05) is 458 Å². The molecule has 112 heavy (non-hydrogen) atoms. The molecule has 0 radical (unpaired) electrons. The Labute approximate surface area is 721 Å². The van der Waals surface area contributed by atoms with Gasteiger partial charge < -0.3 is 10.6 Å². The van der Waals surface area contributed by atoms with E-state index in [0.717, 1.165) is 46.4 Å². The Hall–Kier alpha value is -1.63. The summed E-state index contributed by atoms with van der Waals surface area (Å²) >= 11 is 12.8. The number of anilines is 4. The Bertz CT molecular complexity index is 2470. The summed E-state index contributed by atoms with van der Waals surface area (Å²) in [6, 6.07) is 18.9. The Balaban J connectivity index is 1.73. The largest absolute Gasteiger partial charge is 0.324 e. The van der Waals surface area contributed by atoms with Crippen LogP contribution >= 0.6 is 70.6 Å². The molecule has 2 N–H and O–H groups in total. The lowest BCUT2D eigenvalue weighted by Gasteiger charge is -2.19. The standard InChI is InChI=1S/C101H177N5S6/c1-8-15-21-27-33-39-45-51-57-63-69-79-107-93-85-91(86-94(108-80-70-64-58-52-46-40-34-28-22-16-9-2)97(93)111-83-73-67-61-55-49-43-37-31-25-19-12-5)102-100-104-99(90-77-75-89(14-7)76-78-90)105-101(106-100)103-92-87-95(109-81-71-65-59-53-47-41-35-29-23-17-10-3)98(112-84-74-68-62-56-50-44-38-32-26-20-13-6)96(88-92)110-82-72-66-60-54-48-42-36-30-24-18-11-4/h75-78,85-88H,8-74,79-84H2,1-7H3,(H2,102,103,104,105,106). The molecule has 5 nitrogen and oxygen atoms in total. The molecule has 0 atom stereocenters. The second kappa shape index (κ2) is 76.7. The molecule has 1 heterocycles. The molecule has 0 aliphatic heterocycles. The van der Waals surface area contributed by atoms with Crippen LogP contribution in [0.15, 0.2) is 77.9 Å². The lowest BCUT2D eigenvalue weighted by molar-refractivity contribution is 0.555. The van der Waals surface area contributed by atoms with Crippen molar-refractivity contribution in [1.29, 1.82) is 0 Å². The average molecular weight is 1650 g/mol. The summed E-state index contributed by atoms with van der Waals surface area (Å²) in [7, 11) is 0. The van der Waals surface area contributed by atoms with Gasteiger partial charge in [-0.2, -0.15) is 15.0 Å². The quantitative estimate of drug-likeness (QED) is 0.0328. The smallest absolute Gasteiger partial charge is 0.232 e. The summed E-state index contributed by atoms with van der Waals surface area (Å²) in [6.07, 6.45) is 91.9. The lowest BCUT2D eigenvalue weighted by Crippen LogP contribution is -2.06. The molecular formula is C101H177N5S6. The number of thioether (sulfide) groups is 6. The van der Waals surface area contributed by atoms with E-state index in [2.05, 4.69) is 178 Å². The molecule has 0 fully saturated rings. The van der Waals surface area contributed by atoms with Crippen LogP contribution in [0.5, 0.6) is 0 Å². The van der Waals surface area contributed by atoms with Crippen molar-refractivity contribution in [2.75, 3.05) is 45.2 Å². The third-order valence-electron chi connectivity index (χ3n) is 22.8. The number of nitrogens with one attached hydrogen (secondary N) is 2. The molecule has 0 bridgehead atoms. The number of aromatic nitrogens is 3. The molecule has 4 rings (SSSR count). The topological polar surface area (TPSA) is 62.7 Å². The van der Waals surface area contributed by atoms with E-state index in [1.807, 2.05) is 0 Å². The minimum atomic E-state index is 0.604. The van der Waals surface area contributed by atoms with Crippen LogP contribution in [0.1, 0.15) is 478 Å². The van der Waals surface area contributed by atoms with E-state index in [1.54, 1.807) is 0 Å². The SMILES string of the molecule is CCCCCCCCCCCCCSc1cc(Nc2nc(Nc3cc(SCCCCCCCCCCCCC)c(SCCCCCCCCCCCCC)c(SCCCCCCCCCCCCC)c3)nc(-c3ccc(CC)cc3)n2)cc(SCCCCCCCCCCCCC)c1SCCCCCCCCCCCCC. The van der Waals surface area contributed by atoms with Crippen molar-refractivity contribution in [3.05, 3.63) is 54.1 Å². The molecule has 4 aromatic rings. The number of hydrogen-bond acceptors (Lipinski definition) is 11. The van der Waals surface area contributed by atoms with E-state index in [0.29, 0.717) is 17.7 Å². The predicted octanol–water partition coefficient (Wildman–Crippen LogP) is 38.0. The molecule has 11 heteroatoms. The highest BCUT2D eigenvalue weighted by Gasteiger charge is 2.20. The van der Waals surface area contributed by atoms with Crippen LogP contribution in [-0.2, 0) is 6.42 Å². The van der Waals surface area contributed by atoms with Crippen LogP contribution in [0.4, 0.5) is 23.3 Å². The van der Waals surface area contributed by atoms with Crippen molar-refractivity contribution in [3.63, 3.8) is 0 Å². The maximum atomic E-state index is 5.43. The molecule has 0 amide bonds. The van der Waals surface area contributed by atoms with E-state index in [-0.39, 0.29) is 0 Å². The first-order valence-electron chi connectivity index (χ1n) is 49.0. The summed E-state index contributed by atoms with van der Waals surface area (Å²) in [4.78, 5) is 25.0. The maximum Gasteiger partial charge on any atom is 0.232 e. The zero-order valence-electron chi connectivity index (χ0n) is 74.5. The number of unbranched alkanes of at least 4 members (excludes halogenated alkanes) is 60. The third-order valence-corrected chi connectivity index (χ3v) is 30.3. The van der Waals surface area contributed by atoms with Gasteiger partial charge in [-0.25, -0.2) is 0 Å². The molecule has 0 unspecified atom stereocenters. The van der Waals surface area contributed by atoms with Crippen molar-refractivity contribution in [1.82, 2.24) is 15.0 Å². The molecule has 1 aromatic heterocycles. The highest BCUT2D eigenvalue weighted by Crippen LogP contribution is 2.45. The summed E-state index contributed by atoms with van der Waals surface area (Å²) in [5.74, 6) is 8.90. The fourth-order valence-corrected chi connectivity index (χ4v) is 23.0. The van der Waals surface area contributed by atoms with Crippen molar-refractivity contribution in [3.8, 4) is 11.4 Å². The minimum absolute atomic E-state index is 0.604. The predicted molar refractivity (Wildman–Crippen MR) is 517 cm³/mol. The van der Waals surface area contributed by atoms with Gasteiger partial charge in [0.15, 0.2) is 5.82 Å². The van der Waals surface area contributed by atoms with Crippen molar-refractivity contribution < 1.29 is 0 Å². The third kappa shape index (κ3) is 55.3. The first kappa shape index (κ1) is 103. The minimum Gasteiger partial charge on any atom is -0.324 e. The van der Waals surface area contributed by atoms with Gasteiger partial charge in [0, 0.05) is 46.3 Å². The van der Waals surface area contributed by atoms with Gasteiger partial charge in [-0.3, -0.25) is 0 Å². The molecule has 0 spiro atoms. The molecule has 3 aromatic carbocycles. The Morgan fingerprint density at radius 1 is 0.214 bits per heavy atom. The second-order valence-corrected chi connectivity index (χ2v) is 40.3. The molecule has 0 saturated carbocycles. The van der Waals surface area contributed by atoms with Gasteiger partial charge in [0.25, 0.3) is 0 Å². The highest BCUT2D eigenvalue weighted by molar-refractivity contribution is 8.04. The van der Waals surface area contributed by atoms with Gasteiger partial charge in [-0.05, 0) is 109 Å². The van der Waals surface area contributed by atoms with Crippen LogP contribution < -0.4 is 10.6 Å². The second-order valence-electron chi connectivity index (χ2n) is 33.5. The van der Waals surface area contributed by atoms with Crippen molar-refractivity contribution in [2.24, 2.45) is 0 Å². The lowest BCUT2D eigenvalue weighted by atomic mass is 10.1. The highest BCUT2D eigenvalue weighted by atomic mass is 32.2. The van der Waals surface area contributed by atoms with Crippen LogP contribution in [0.2, 0.25) is 0 Å². The van der Waals surface area contributed by atoms with Gasteiger partial charge in [-0.15, -0.1) is 70.6 Å². The van der Waals surface area contributed by atoms with Crippen LogP contribution in [-0.4, -0.2) is 49.5 Å². The molecular weight excluding hydrogens is 1480 g/mol. The zero-order chi connectivity index (χ0) is 79.6. The number of benzene rings is 3. The van der Waals surface area contributed by atoms with E-state index in [4.69, 9.17) is 15.0 Å². The number of nitrogens with zero attached hydrogens (tertiary/aromatic N) is 3. The van der Waals surface area contributed by atoms with E-state index in [1.165, 1.54) is 470 Å². The van der Waals surface area contributed by atoms with Crippen LogP contribution in [0.25, 0.3) is 11.4 Å². The monoisotopic (exact) mass is 1650 g/mol. The van der Waals surface area contributed by atoms with Gasteiger partial charge in [0.2, 0.25) is 11.9 Å². The van der Waals surface area contributed by atoms with Gasteiger partial charge in [0.05, 0.1) is 0 Å². The van der Waals surface area contributed by atoms with Crippen LogP contribution in [0.3, 0.4) is 0 Å². The molecule has 0 aliphatic carbocycles. The fraction of sp³-hybridized carbons (Fsp3) is 0.792. The maximum absolute atomic E-state index is 5.43. The molecule has 642 valence electrons. The number of aryl methyl sites for hydroxylation is 1. The van der Waals surface area contributed by atoms with Crippen molar-refractivity contribution >= 4 is 93.8 Å². The fourth-order valence-electron chi connectivity index (χ4n) is 15.5. The summed E-state index contributed by atoms with van der Waals surface area (Å²) < 4.78 is 0. The van der Waals surface area contributed by atoms with Gasteiger partial charge in [0.1, 0.15) is 0 Å². The van der Waals surface area contributed by atoms with E-state index >= 15 is 0 Å². The van der Waals surface area contributed by atoms with E-state index < -0.39 is 0 Å². The Kier molecular flexibility index (Phi) is 70.4. The number of hydrogen-bond donors (Lipinski definition) is 2. The Morgan fingerprint density at radius 2 is 0.402 bits per heavy atom. The summed E-state index contributed by atoms with van der Waals surface area (Å²) in [6.45, 7) is 16.2. The summed E-state index contributed by atoms with van der Waals surface area (Å²) in [5, 5.41) is 7.90. The van der Waals surface area contributed by atoms with E-state index in [9.17, 15) is 0 Å². The molecule has 0 aliphatic rings. The first-order valence-corrected chi connectivity index (χ1v) is 54.9. The normalized spacial score (nSPS) is 11.7. The van der Waals surface area contributed by atoms with Crippen molar-refractivity contribution in [2.45, 2.75) is 508 Å². The average Bonchev–Trinajstić information content (AvgIpc) is 0.806. The van der Waals surface area contributed by atoms with Crippen LogP contribution in [0, 0.1) is 0 Å². The molecule has 0 saturated heterocycles. The zero-order valence-corrected chi connectivity index (χ0v) is 79.4. The Morgan fingerprint density at radius 3 is 0.598 bits per heavy atom. The number of rotatable bonds is 84. The van der Waals surface area contributed by atoms with Gasteiger partial charge >= 0.3 is 0 Å². The first-order chi connectivity index (χ1) is 55.5.